The average molecular weight is 332 g/mol. The first-order chi connectivity index (χ1) is 11.0. The van der Waals surface area contributed by atoms with Gasteiger partial charge in [0.2, 0.25) is 5.91 Å². The number of carbonyl (C=O) groups excluding carboxylic acids is 1. The van der Waals surface area contributed by atoms with E-state index in [4.69, 9.17) is 16.1 Å². The minimum Gasteiger partial charge on any atom is -0.361 e. The van der Waals surface area contributed by atoms with Crippen LogP contribution in [-0.4, -0.2) is 16.0 Å². The Bertz CT molecular complexity index is 851. The predicted molar refractivity (Wildman–Crippen MR) is 89.5 cm³/mol. The van der Waals surface area contributed by atoms with Gasteiger partial charge >= 0.3 is 0 Å². The molecular formula is C17H18ClN3O2. The van der Waals surface area contributed by atoms with Crippen LogP contribution in [-0.2, 0) is 24.2 Å². The molecule has 1 amide bonds. The van der Waals surface area contributed by atoms with Crippen LogP contribution in [0.1, 0.15) is 29.6 Å². The van der Waals surface area contributed by atoms with E-state index in [1.807, 2.05) is 25.1 Å². The van der Waals surface area contributed by atoms with Crippen LogP contribution in [0.3, 0.4) is 0 Å². The maximum absolute atomic E-state index is 11.0. The number of hydrogen-bond donors (Lipinski definition) is 2. The summed E-state index contributed by atoms with van der Waals surface area (Å²) >= 11 is 6.38. The molecule has 5 nitrogen and oxygen atoms in total. The number of aryl methyl sites for hydroxylation is 3. The van der Waals surface area contributed by atoms with Crippen molar-refractivity contribution in [3.8, 4) is 0 Å². The molecule has 0 bridgehead atoms. The third-order valence-corrected chi connectivity index (χ3v) is 4.05. The molecule has 0 unspecified atom stereocenters. The molecule has 0 saturated heterocycles. The standard InChI is InChI=1S/C17H18ClN3O2/c1-10-5-14(21-23-10)4-3-12-8-17-13(7-16(12)18)6-15(20-17)9-19-11(2)22/h5-8,20H,3-4,9H2,1-2H3,(H,19,22). The zero-order chi connectivity index (χ0) is 16.4. The highest BCUT2D eigenvalue weighted by molar-refractivity contribution is 6.32. The minimum atomic E-state index is -0.0507. The molecule has 2 aromatic heterocycles. The van der Waals surface area contributed by atoms with Gasteiger partial charge in [-0.3, -0.25) is 4.79 Å². The quantitative estimate of drug-likeness (QED) is 0.751. The monoisotopic (exact) mass is 331 g/mol. The number of nitrogens with zero attached hydrogens (tertiary/aromatic N) is 1. The highest BCUT2D eigenvalue weighted by Gasteiger charge is 2.09. The van der Waals surface area contributed by atoms with E-state index in [2.05, 4.69) is 21.5 Å². The van der Waals surface area contributed by atoms with Crippen molar-refractivity contribution < 1.29 is 9.32 Å². The van der Waals surface area contributed by atoms with E-state index in [9.17, 15) is 4.79 Å². The lowest BCUT2D eigenvalue weighted by Crippen LogP contribution is -2.18. The molecule has 0 radical (unpaired) electrons. The fourth-order valence-corrected chi connectivity index (χ4v) is 2.83. The van der Waals surface area contributed by atoms with Gasteiger partial charge in [-0.2, -0.15) is 0 Å². The number of carbonyl (C=O) groups is 1. The number of H-pyrrole nitrogens is 1. The minimum absolute atomic E-state index is 0.0507. The van der Waals surface area contributed by atoms with Crippen LogP contribution in [0.25, 0.3) is 10.9 Å². The third-order valence-electron chi connectivity index (χ3n) is 3.70. The number of rotatable bonds is 5. The highest BCUT2D eigenvalue weighted by Crippen LogP contribution is 2.26. The normalized spacial score (nSPS) is 11.1. The first kappa shape index (κ1) is 15.6. The summed E-state index contributed by atoms with van der Waals surface area (Å²) in [6.07, 6.45) is 1.57. The Morgan fingerprint density at radius 1 is 1.30 bits per heavy atom. The number of hydrogen-bond acceptors (Lipinski definition) is 3. The first-order valence-electron chi connectivity index (χ1n) is 7.48. The van der Waals surface area contributed by atoms with Gasteiger partial charge < -0.3 is 14.8 Å². The van der Waals surface area contributed by atoms with Crippen molar-refractivity contribution in [2.24, 2.45) is 0 Å². The summed E-state index contributed by atoms with van der Waals surface area (Å²) in [5, 5.41) is 8.56. The Morgan fingerprint density at radius 2 is 2.13 bits per heavy atom. The number of halogens is 1. The maximum atomic E-state index is 11.0. The lowest BCUT2D eigenvalue weighted by molar-refractivity contribution is -0.119. The predicted octanol–water partition coefficient (Wildman–Crippen LogP) is 3.54. The van der Waals surface area contributed by atoms with Crippen LogP contribution >= 0.6 is 11.6 Å². The molecule has 1 aromatic carbocycles. The summed E-state index contributed by atoms with van der Waals surface area (Å²) in [7, 11) is 0. The lowest BCUT2D eigenvalue weighted by Gasteiger charge is -2.03. The summed E-state index contributed by atoms with van der Waals surface area (Å²) in [5.74, 6) is 0.763. The van der Waals surface area contributed by atoms with Crippen molar-refractivity contribution in [3.63, 3.8) is 0 Å². The Balaban J connectivity index is 1.77. The van der Waals surface area contributed by atoms with Crippen LogP contribution in [0.15, 0.2) is 28.8 Å². The smallest absolute Gasteiger partial charge is 0.217 e. The van der Waals surface area contributed by atoms with Crippen molar-refractivity contribution in [2.75, 3.05) is 0 Å². The van der Waals surface area contributed by atoms with Gasteiger partial charge in [0.05, 0.1) is 12.2 Å². The zero-order valence-electron chi connectivity index (χ0n) is 13.1. The fourth-order valence-electron chi connectivity index (χ4n) is 2.56. The third kappa shape index (κ3) is 3.74. The summed E-state index contributed by atoms with van der Waals surface area (Å²) < 4.78 is 5.08. The van der Waals surface area contributed by atoms with Crippen LogP contribution in [0.5, 0.6) is 0 Å². The van der Waals surface area contributed by atoms with Crippen molar-refractivity contribution in [3.05, 3.63) is 52.0 Å². The molecule has 23 heavy (non-hydrogen) atoms. The molecule has 6 heteroatoms. The average Bonchev–Trinajstić information content (AvgIpc) is 3.08. The lowest BCUT2D eigenvalue weighted by atomic mass is 10.1. The molecule has 0 aliphatic rings. The summed E-state index contributed by atoms with van der Waals surface area (Å²) in [6.45, 7) is 3.86. The van der Waals surface area contributed by atoms with Gasteiger partial charge in [0.1, 0.15) is 5.76 Å². The number of aromatic nitrogens is 2. The van der Waals surface area contributed by atoms with Crippen LogP contribution < -0.4 is 5.32 Å². The Hall–Kier alpha value is -2.27. The zero-order valence-corrected chi connectivity index (χ0v) is 13.8. The molecule has 0 atom stereocenters. The van der Waals surface area contributed by atoms with Crippen LogP contribution in [0, 0.1) is 6.92 Å². The van der Waals surface area contributed by atoms with Crippen molar-refractivity contribution >= 4 is 28.4 Å². The van der Waals surface area contributed by atoms with Gasteiger partial charge in [-0.1, -0.05) is 16.8 Å². The molecule has 0 aliphatic heterocycles. The van der Waals surface area contributed by atoms with Crippen LogP contribution in [0.4, 0.5) is 0 Å². The van der Waals surface area contributed by atoms with E-state index in [0.29, 0.717) is 6.54 Å². The molecule has 120 valence electrons. The van der Waals surface area contributed by atoms with E-state index < -0.39 is 0 Å². The highest BCUT2D eigenvalue weighted by atomic mass is 35.5. The molecule has 0 aliphatic carbocycles. The number of amides is 1. The second kappa shape index (κ2) is 6.46. The van der Waals surface area contributed by atoms with Crippen LogP contribution in [0.2, 0.25) is 5.02 Å². The first-order valence-corrected chi connectivity index (χ1v) is 7.85. The van der Waals surface area contributed by atoms with Gasteiger partial charge in [0.25, 0.3) is 0 Å². The molecule has 2 N–H and O–H groups in total. The molecule has 3 rings (SSSR count). The molecule has 0 fully saturated rings. The largest absolute Gasteiger partial charge is 0.361 e. The Morgan fingerprint density at radius 3 is 2.83 bits per heavy atom. The molecule has 0 saturated carbocycles. The van der Waals surface area contributed by atoms with Gasteiger partial charge in [-0.05, 0) is 43.5 Å². The van der Waals surface area contributed by atoms with Crippen molar-refractivity contribution in [1.29, 1.82) is 0 Å². The van der Waals surface area contributed by atoms with Gasteiger partial charge in [0, 0.05) is 34.6 Å². The van der Waals surface area contributed by atoms with E-state index in [-0.39, 0.29) is 5.91 Å². The molecular weight excluding hydrogens is 314 g/mol. The number of nitrogens with one attached hydrogen (secondary N) is 2. The number of aromatic amines is 1. The molecule has 3 aromatic rings. The maximum Gasteiger partial charge on any atom is 0.217 e. The van der Waals surface area contributed by atoms with Crippen molar-refractivity contribution in [1.82, 2.24) is 15.5 Å². The Labute approximate surface area is 139 Å². The van der Waals surface area contributed by atoms with E-state index >= 15 is 0 Å². The summed E-state index contributed by atoms with van der Waals surface area (Å²) in [4.78, 5) is 14.3. The SMILES string of the molecule is CC(=O)NCc1cc2cc(Cl)c(CCc3cc(C)on3)cc2[nH]1. The number of fused-ring (bicyclic) bond motifs is 1. The summed E-state index contributed by atoms with van der Waals surface area (Å²) in [6, 6.07) is 7.95. The van der Waals surface area contributed by atoms with E-state index in [1.165, 1.54) is 6.92 Å². The summed E-state index contributed by atoms with van der Waals surface area (Å²) in [5.41, 5.74) is 3.96. The molecule has 2 heterocycles. The Kier molecular flexibility index (Phi) is 4.39. The molecule has 0 spiro atoms. The van der Waals surface area contributed by atoms with Gasteiger partial charge in [-0.15, -0.1) is 0 Å². The number of benzene rings is 1. The van der Waals surface area contributed by atoms with E-state index in [0.717, 1.165) is 51.5 Å². The second-order valence-corrected chi connectivity index (χ2v) is 6.07. The van der Waals surface area contributed by atoms with Crippen molar-refractivity contribution in [2.45, 2.75) is 33.2 Å². The van der Waals surface area contributed by atoms with Gasteiger partial charge in [0.15, 0.2) is 0 Å². The van der Waals surface area contributed by atoms with Gasteiger partial charge in [-0.25, -0.2) is 0 Å². The fraction of sp³-hybridized carbons (Fsp3) is 0.294. The van der Waals surface area contributed by atoms with E-state index in [1.54, 1.807) is 0 Å². The second-order valence-electron chi connectivity index (χ2n) is 5.66. The topological polar surface area (TPSA) is 70.9 Å².